The molecule has 1 N–H and O–H groups in total. The van der Waals surface area contributed by atoms with Crippen molar-refractivity contribution in [3.05, 3.63) is 93.0 Å². The van der Waals surface area contributed by atoms with E-state index >= 15 is 0 Å². The van der Waals surface area contributed by atoms with Crippen LogP contribution < -0.4 is 9.64 Å². The summed E-state index contributed by atoms with van der Waals surface area (Å²) in [7, 11) is 0. The molecule has 3 heterocycles. The van der Waals surface area contributed by atoms with E-state index < -0.39 is 17.7 Å². The first-order valence-electron chi connectivity index (χ1n) is 11.2. The van der Waals surface area contributed by atoms with E-state index in [2.05, 4.69) is 4.98 Å². The number of rotatable bonds is 3. The standard InChI is InChI=1S/C27H18Cl2N2O4S/c1-13-9-16-10-15(5-8-20(16)35-13)24(32)22-23(14-3-2-4-17(28)11-14)31(26(34)25(22)33)27-30-19-7-6-18(29)12-21(19)36-27/h2-8,10-13,23,32H,9H2,1H3/t13-,23-/m1/s1. The molecule has 0 unspecified atom stereocenters. The van der Waals surface area contributed by atoms with Gasteiger partial charge in [-0.2, -0.15) is 0 Å². The molecule has 1 aromatic heterocycles. The number of aromatic nitrogens is 1. The highest BCUT2D eigenvalue weighted by Crippen LogP contribution is 2.45. The van der Waals surface area contributed by atoms with Crippen LogP contribution >= 0.6 is 34.5 Å². The second-order valence-electron chi connectivity index (χ2n) is 8.79. The number of halogens is 2. The van der Waals surface area contributed by atoms with Crippen molar-refractivity contribution >= 4 is 67.3 Å². The number of carbonyl (C=O) groups is 2. The lowest BCUT2D eigenvalue weighted by Gasteiger charge is -2.23. The van der Waals surface area contributed by atoms with Crippen molar-refractivity contribution in [1.82, 2.24) is 4.98 Å². The zero-order valence-corrected chi connectivity index (χ0v) is 21.2. The maximum atomic E-state index is 13.4. The zero-order chi connectivity index (χ0) is 25.1. The van der Waals surface area contributed by atoms with Crippen molar-refractivity contribution in [1.29, 1.82) is 0 Å². The molecule has 0 saturated carbocycles. The second kappa shape index (κ2) is 8.62. The smallest absolute Gasteiger partial charge is 0.301 e. The predicted octanol–water partition coefficient (Wildman–Crippen LogP) is 6.55. The first-order chi connectivity index (χ1) is 17.3. The van der Waals surface area contributed by atoms with Gasteiger partial charge in [0.05, 0.1) is 21.8 Å². The quantitative estimate of drug-likeness (QED) is 0.182. The van der Waals surface area contributed by atoms with E-state index in [1.165, 1.54) is 16.2 Å². The van der Waals surface area contributed by atoms with Gasteiger partial charge >= 0.3 is 5.91 Å². The molecule has 9 heteroatoms. The normalized spacial score (nSPS) is 20.7. The fourth-order valence-electron chi connectivity index (χ4n) is 4.74. The van der Waals surface area contributed by atoms with Crippen LogP contribution in [0.5, 0.6) is 5.75 Å². The van der Waals surface area contributed by atoms with Gasteiger partial charge in [0.15, 0.2) is 5.13 Å². The molecule has 180 valence electrons. The Morgan fingerprint density at radius 3 is 2.69 bits per heavy atom. The summed E-state index contributed by atoms with van der Waals surface area (Å²) in [6.45, 7) is 1.97. The van der Waals surface area contributed by atoms with Crippen LogP contribution in [0, 0.1) is 0 Å². The number of hydrogen-bond donors (Lipinski definition) is 1. The number of benzene rings is 3. The molecule has 6 rings (SSSR count). The highest BCUT2D eigenvalue weighted by atomic mass is 35.5. The summed E-state index contributed by atoms with van der Waals surface area (Å²) in [5.41, 5.74) is 2.58. The summed E-state index contributed by atoms with van der Waals surface area (Å²) in [6, 6.07) is 16.5. The van der Waals surface area contributed by atoms with Crippen LogP contribution in [0.1, 0.15) is 29.7 Å². The van der Waals surface area contributed by atoms with Crippen LogP contribution in [-0.4, -0.2) is 27.9 Å². The fourth-order valence-corrected chi connectivity index (χ4v) is 6.20. The van der Waals surface area contributed by atoms with Crippen molar-refractivity contribution < 1.29 is 19.4 Å². The van der Waals surface area contributed by atoms with Crippen LogP contribution in [0.3, 0.4) is 0 Å². The lowest BCUT2D eigenvalue weighted by molar-refractivity contribution is -0.132. The Hall–Kier alpha value is -3.39. The maximum absolute atomic E-state index is 13.4. The second-order valence-corrected chi connectivity index (χ2v) is 10.7. The number of hydrogen-bond acceptors (Lipinski definition) is 6. The van der Waals surface area contributed by atoms with E-state index in [0.29, 0.717) is 38.2 Å². The van der Waals surface area contributed by atoms with E-state index in [9.17, 15) is 14.7 Å². The number of thiazole rings is 1. The molecule has 2 aliphatic rings. The summed E-state index contributed by atoms with van der Waals surface area (Å²) < 4.78 is 6.54. The molecule has 3 aromatic carbocycles. The van der Waals surface area contributed by atoms with Gasteiger partial charge in [0.1, 0.15) is 17.6 Å². The van der Waals surface area contributed by atoms with E-state index in [1.807, 2.05) is 6.92 Å². The molecule has 1 saturated heterocycles. The van der Waals surface area contributed by atoms with E-state index in [-0.39, 0.29) is 17.4 Å². The van der Waals surface area contributed by atoms with Crippen molar-refractivity contribution in [3.63, 3.8) is 0 Å². The lowest BCUT2D eigenvalue weighted by atomic mass is 9.94. The number of ketones is 1. The Labute approximate surface area is 220 Å². The van der Waals surface area contributed by atoms with Gasteiger partial charge in [-0.05, 0) is 66.6 Å². The largest absolute Gasteiger partial charge is 0.507 e. The number of ether oxygens (including phenoxy) is 1. The molecule has 2 atom stereocenters. The van der Waals surface area contributed by atoms with Crippen LogP contribution in [-0.2, 0) is 16.0 Å². The number of fused-ring (bicyclic) bond motifs is 2. The Balaban J connectivity index is 1.54. The number of carbonyl (C=O) groups excluding carboxylic acids is 2. The highest BCUT2D eigenvalue weighted by Gasteiger charge is 2.48. The number of aliphatic hydroxyl groups excluding tert-OH is 1. The average molecular weight is 537 g/mol. The molecule has 0 radical (unpaired) electrons. The molecular formula is C27H18Cl2N2O4S. The van der Waals surface area contributed by atoms with E-state index in [0.717, 1.165) is 16.0 Å². The number of aliphatic hydroxyl groups is 1. The number of Topliss-reactive ketones (excluding diaryl/α,β-unsaturated/α-hetero) is 1. The number of amides is 1. The number of anilines is 1. The Morgan fingerprint density at radius 2 is 1.89 bits per heavy atom. The minimum atomic E-state index is -0.914. The highest BCUT2D eigenvalue weighted by molar-refractivity contribution is 7.22. The van der Waals surface area contributed by atoms with Crippen LogP contribution in [0.15, 0.2) is 66.2 Å². The van der Waals surface area contributed by atoms with Crippen molar-refractivity contribution in [2.75, 3.05) is 4.90 Å². The van der Waals surface area contributed by atoms with Gasteiger partial charge in [-0.15, -0.1) is 0 Å². The molecule has 0 spiro atoms. The molecule has 0 aliphatic carbocycles. The third kappa shape index (κ3) is 3.75. The molecule has 6 nitrogen and oxygen atoms in total. The number of nitrogens with zero attached hydrogens (tertiary/aromatic N) is 2. The maximum Gasteiger partial charge on any atom is 0.301 e. The van der Waals surface area contributed by atoms with Gasteiger partial charge in [0.2, 0.25) is 0 Å². The van der Waals surface area contributed by atoms with Crippen LogP contribution in [0.25, 0.3) is 16.0 Å². The molecular weight excluding hydrogens is 519 g/mol. The fraction of sp³-hybridized carbons (Fsp3) is 0.148. The molecule has 2 aliphatic heterocycles. The van der Waals surface area contributed by atoms with Gasteiger partial charge in [-0.25, -0.2) is 4.98 Å². The van der Waals surface area contributed by atoms with Crippen molar-refractivity contribution in [2.45, 2.75) is 25.5 Å². The SMILES string of the molecule is C[C@@H]1Cc2cc(C(O)=C3C(=O)C(=O)N(c4nc5ccc(Cl)cc5s4)[C@@H]3c3cccc(Cl)c3)ccc2O1. The van der Waals surface area contributed by atoms with Crippen molar-refractivity contribution in [2.24, 2.45) is 0 Å². The van der Waals surface area contributed by atoms with Crippen LogP contribution in [0.4, 0.5) is 5.13 Å². The first kappa shape index (κ1) is 23.0. The average Bonchev–Trinajstić information content (AvgIpc) is 3.50. The van der Waals surface area contributed by atoms with Crippen LogP contribution in [0.2, 0.25) is 10.0 Å². The lowest BCUT2D eigenvalue weighted by Crippen LogP contribution is -2.29. The third-order valence-electron chi connectivity index (χ3n) is 6.32. The molecule has 0 bridgehead atoms. The van der Waals surface area contributed by atoms with Gasteiger partial charge < -0.3 is 9.84 Å². The Bertz CT molecular complexity index is 1610. The molecule has 1 amide bonds. The summed E-state index contributed by atoms with van der Waals surface area (Å²) in [6.07, 6.45) is 0.721. The summed E-state index contributed by atoms with van der Waals surface area (Å²) in [4.78, 5) is 32.8. The van der Waals surface area contributed by atoms with E-state index in [4.69, 9.17) is 27.9 Å². The Morgan fingerprint density at radius 1 is 1.08 bits per heavy atom. The third-order valence-corrected chi connectivity index (χ3v) is 7.81. The summed E-state index contributed by atoms with van der Waals surface area (Å²) in [5, 5.41) is 12.7. The molecule has 4 aromatic rings. The monoisotopic (exact) mass is 536 g/mol. The van der Waals surface area contributed by atoms with Gasteiger partial charge in [0.25, 0.3) is 5.78 Å². The Kier molecular flexibility index (Phi) is 5.52. The van der Waals surface area contributed by atoms with Gasteiger partial charge in [-0.3, -0.25) is 14.5 Å². The summed E-state index contributed by atoms with van der Waals surface area (Å²) >= 11 is 13.7. The summed E-state index contributed by atoms with van der Waals surface area (Å²) in [5.74, 6) is -1.07. The van der Waals surface area contributed by atoms with E-state index in [1.54, 1.807) is 60.7 Å². The van der Waals surface area contributed by atoms with Crippen molar-refractivity contribution in [3.8, 4) is 5.75 Å². The minimum Gasteiger partial charge on any atom is -0.507 e. The topological polar surface area (TPSA) is 79.7 Å². The molecule has 36 heavy (non-hydrogen) atoms. The zero-order valence-electron chi connectivity index (χ0n) is 18.9. The van der Waals surface area contributed by atoms with Gasteiger partial charge in [-0.1, -0.05) is 46.7 Å². The minimum absolute atomic E-state index is 0.0218. The van der Waals surface area contributed by atoms with Gasteiger partial charge in [0, 0.05) is 22.0 Å². The molecule has 1 fully saturated rings. The first-order valence-corrected chi connectivity index (χ1v) is 12.8. The predicted molar refractivity (Wildman–Crippen MR) is 141 cm³/mol.